The zero-order chi connectivity index (χ0) is 31.7. The normalized spacial score (nSPS) is 12.9. The number of alkyl carbamates (subject to hydrolysis) is 1. The van der Waals surface area contributed by atoms with Crippen molar-refractivity contribution in [1.29, 1.82) is 0 Å². The molecule has 0 aliphatic heterocycles. The molecule has 0 aliphatic carbocycles. The molecule has 42 heavy (non-hydrogen) atoms. The van der Waals surface area contributed by atoms with Crippen LogP contribution in [0.15, 0.2) is 24.3 Å². The van der Waals surface area contributed by atoms with Gasteiger partial charge in [0.25, 0.3) is 0 Å². The van der Waals surface area contributed by atoms with Crippen LogP contribution in [0.25, 0.3) is 0 Å². The molecule has 0 bridgehead atoms. The van der Waals surface area contributed by atoms with Gasteiger partial charge in [0.05, 0.1) is 12.6 Å². The highest BCUT2D eigenvalue weighted by atomic mass is 16.5. The molecule has 0 radical (unpaired) electrons. The minimum Gasteiger partial charge on any atom is -0.445 e. The van der Waals surface area contributed by atoms with E-state index < -0.39 is 24.2 Å². The Morgan fingerprint density at radius 3 is 2.12 bits per heavy atom. The van der Waals surface area contributed by atoms with Crippen molar-refractivity contribution in [3.63, 3.8) is 0 Å². The Morgan fingerprint density at radius 2 is 1.55 bits per heavy atom. The lowest BCUT2D eigenvalue weighted by atomic mass is 9.99. The van der Waals surface area contributed by atoms with Crippen LogP contribution < -0.4 is 32.3 Å². The largest absolute Gasteiger partial charge is 0.445 e. The second-order valence-corrected chi connectivity index (χ2v) is 12.2. The average molecular weight is 593 g/mol. The number of anilines is 1. The minimum absolute atomic E-state index is 0.0110. The number of carbonyl (C=O) groups is 4. The van der Waals surface area contributed by atoms with Crippen molar-refractivity contribution in [2.75, 3.05) is 31.6 Å². The van der Waals surface area contributed by atoms with Crippen LogP contribution >= 0.6 is 0 Å². The summed E-state index contributed by atoms with van der Waals surface area (Å²) in [6.45, 7) is 16.1. The van der Waals surface area contributed by atoms with Crippen molar-refractivity contribution >= 4 is 29.6 Å². The Hall–Kier alpha value is -3.38. The van der Waals surface area contributed by atoms with Gasteiger partial charge in [0.15, 0.2) is 0 Å². The van der Waals surface area contributed by atoms with Gasteiger partial charge in [-0.3, -0.25) is 9.59 Å². The van der Waals surface area contributed by atoms with E-state index in [2.05, 4.69) is 47.4 Å². The highest BCUT2D eigenvalue weighted by Gasteiger charge is 2.28. The van der Waals surface area contributed by atoms with Crippen molar-refractivity contribution in [1.82, 2.24) is 21.3 Å². The second kappa shape index (κ2) is 18.9. The van der Waals surface area contributed by atoms with Crippen LogP contribution in [-0.2, 0) is 25.7 Å². The van der Waals surface area contributed by atoms with Gasteiger partial charge in [-0.15, -0.1) is 0 Å². The second-order valence-electron chi connectivity index (χ2n) is 12.2. The van der Waals surface area contributed by atoms with Gasteiger partial charge in [-0.25, -0.2) is 9.59 Å². The zero-order valence-corrected chi connectivity index (χ0v) is 26.3. The monoisotopic (exact) mass is 592 g/mol. The van der Waals surface area contributed by atoms with Gasteiger partial charge in [0.1, 0.15) is 12.6 Å². The molecule has 1 aromatic rings. The molecule has 0 unspecified atom stereocenters. The fourth-order valence-electron chi connectivity index (χ4n) is 3.83. The lowest BCUT2D eigenvalue weighted by Crippen LogP contribution is -2.54. The van der Waals surface area contributed by atoms with E-state index in [4.69, 9.17) is 15.2 Å². The molecule has 0 spiro atoms. The summed E-state index contributed by atoms with van der Waals surface area (Å²) < 4.78 is 10.8. The van der Waals surface area contributed by atoms with Crippen LogP contribution in [0, 0.1) is 11.3 Å². The topological polar surface area (TPSA) is 173 Å². The first kappa shape index (κ1) is 36.6. The summed E-state index contributed by atoms with van der Waals surface area (Å²) in [4.78, 5) is 49.2. The lowest BCUT2D eigenvalue weighted by molar-refractivity contribution is -0.129. The molecule has 1 rings (SSSR count). The summed E-state index contributed by atoms with van der Waals surface area (Å²) in [6, 6.07) is 5.03. The van der Waals surface area contributed by atoms with E-state index in [1.165, 1.54) is 0 Å². The number of hydrogen-bond acceptors (Lipinski definition) is 7. The molecule has 0 aromatic heterocycles. The summed E-state index contributed by atoms with van der Waals surface area (Å²) in [5.41, 5.74) is 6.51. The van der Waals surface area contributed by atoms with Gasteiger partial charge in [-0.2, -0.15) is 0 Å². The molecule has 0 fully saturated rings. The molecule has 5 amide bonds. The standard InChI is InChI=1S/C30H52N6O6/c1-20(2)25(34-21(3)4)27(38)36-24(10-8-15-32-28(31)39)26(37)35-23-13-11-22(12-14-23)18-42-29(40)33-16-9-17-41-19-30(5,6)7/h11-14,20-21,24-25,34H,8-10,15-19H2,1-7H3,(H,33,40)(H,35,37)(H,36,38)(H3,31,32,39)/t24-,25-/m0/s1. The summed E-state index contributed by atoms with van der Waals surface area (Å²) in [7, 11) is 0. The molecule has 0 saturated carbocycles. The van der Waals surface area contributed by atoms with Crippen LogP contribution in [0.4, 0.5) is 15.3 Å². The number of urea groups is 1. The molecule has 1 aromatic carbocycles. The highest BCUT2D eigenvalue weighted by Crippen LogP contribution is 2.14. The van der Waals surface area contributed by atoms with Crippen LogP contribution in [-0.4, -0.2) is 68.4 Å². The molecule has 7 N–H and O–H groups in total. The zero-order valence-electron chi connectivity index (χ0n) is 26.3. The SMILES string of the molecule is CC(C)N[C@H](C(=O)N[C@@H](CCCNC(N)=O)C(=O)Nc1ccc(COC(=O)NCCCOCC(C)(C)C)cc1)C(C)C. The van der Waals surface area contributed by atoms with E-state index in [1.54, 1.807) is 24.3 Å². The van der Waals surface area contributed by atoms with Gasteiger partial charge in [-0.1, -0.05) is 60.6 Å². The van der Waals surface area contributed by atoms with Gasteiger partial charge >= 0.3 is 12.1 Å². The minimum atomic E-state index is -0.826. The third-order valence-electron chi connectivity index (χ3n) is 5.93. The van der Waals surface area contributed by atoms with E-state index in [0.29, 0.717) is 44.7 Å². The molecule has 12 heteroatoms. The molecular formula is C30H52N6O6. The summed E-state index contributed by atoms with van der Waals surface area (Å²) >= 11 is 0. The molecule has 0 aliphatic rings. The highest BCUT2D eigenvalue weighted by molar-refractivity contribution is 5.97. The van der Waals surface area contributed by atoms with Gasteiger partial charge in [-0.05, 0) is 48.3 Å². The number of ether oxygens (including phenoxy) is 2. The van der Waals surface area contributed by atoms with E-state index >= 15 is 0 Å². The maximum Gasteiger partial charge on any atom is 0.407 e. The fraction of sp³-hybridized carbons (Fsp3) is 0.667. The van der Waals surface area contributed by atoms with Crippen molar-refractivity contribution in [3.05, 3.63) is 29.8 Å². The Labute approximate surface area is 250 Å². The Balaban J connectivity index is 2.64. The third kappa shape index (κ3) is 16.8. The number of primary amides is 1. The van der Waals surface area contributed by atoms with E-state index in [-0.39, 0.29) is 42.3 Å². The van der Waals surface area contributed by atoms with Crippen molar-refractivity contribution in [2.24, 2.45) is 17.1 Å². The Bertz CT molecular complexity index is 977. The van der Waals surface area contributed by atoms with Crippen LogP contribution in [0.5, 0.6) is 0 Å². The predicted molar refractivity (Wildman–Crippen MR) is 164 cm³/mol. The molecule has 238 valence electrons. The van der Waals surface area contributed by atoms with Gasteiger partial charge < -0.3 is 41.8 Å². The molecule has 0 heterocycles. The van der Waals surface area contributed by atoms with Gasteiger partial charge in [0, 0.05) is 31.4 Å². The fourth-order valence-corrected chi connectivity index (χ4v) is 3.83. The number of amides is 5. The summed E-state index contributed by atoms with van der Waals surface area (Å²) in [5, 5.41) is 14.1. The summed E-state index contributed by atoms with van der Waals surface area (Å²) in [5.74, 6) is -0.647. The average Bonchev–Trinajstić information content (AvgIpc) is 2.89. The van der Waals surface area contributed by atoms with E-state index in [1.807, 2.05) is 27.7 Å². The van der Waals surface area contributed by atoms with Crippen LogP contribution in [0.2, 0.25) is 0 Å². The molecule has 12 nitrogen and oxygen atoms in total. The first-order valence-corrected chi connectivity index (χ1v) is 14.7. The number of benzene rings is 1. The molecule has 0 saturated heterocycles. The maximum atomic E-state index is 13.2. The number of nitrogens with one attached hydrogen (secondary N) is 5. The lowest BCUT2D eigenvalue weighted by Gasteiger charge is -2.27. The molecular weight excluding hydrogens is 540 g/mol. The third-order valence-corrected chi connectivity index (χ3v) is 5.93. The molecule has 2 atom stereocenters. The first-order chi connectivity index (χ1) is 19.7. The first-order valence-electron chi connectivity index (χ1n) is 14.7. The van der Waals surface area contributed by atoms with Crippen LogP contribution in [0.1, 0.15) is 73.3 Å². The number of nitrogens with two attached hydrogens (primary N) is 1. The smallest absolute Gasteiger partial charge is 0.407 e. The maximum absolute atomic E-state index is 13.2. The van der Waals surface area contributed by atoms with Crippen LogP contribution in [0.3, 0.4) is 0 Å². The number of hydrogen-bond donors (Lipinski definition) is 6. The van der Waals surface area contributed by atoms with E-state index in [0.717, 1.165) is 5.56 Å². The van der Waals surface area contributed by atoms with Gasteiger partial charge in [0.2, 0.25) is 11.8 Å². The number of rotatable bonds is 18. The number of carbonyl (C=O) groups excluding carboxylic acids is 4. The Morgan fingerprint density at radius 1 is 0.905 bits per heavy atom. The van der Waals surface area contributed by atoms with Crippen molar-refractivity contribution < 1.29 is 28.7 Å². The van der Waals surface area contributed by atoms with Crippen molar-refractivity contribution in [3.8, 4) is 0 Å². The predicted octanol–water partition coefficient (Wildman–Crippen LogP) is 3.26. The Kier molecular flexibility index (Phi) is 16.5. The van der Waals surface area contributed by atoms with E-state index in [9.17, 15) is 19.2 Å². The quantitative estimate of drug-likeness (QED) is 0.142. The summed E-state index contributed by atoms with van der Waals surface area (Å²) in [6.07, 6.45) is 0.913. The van der Waals surface area contributed by atoms with Crippen molar-refractivity contribution in [2.45, 2.75) is 92.5 Å².